The zero-order chi connectivity index (χ0) is 41.7. The molecule has 0 radical (unpaired) electrons. The molecule has 0 spiro atoms. The van der Waals surface area contributed by atoms with E-state index in [1.165, 1.54) is 0 Å². The summed E-state index contributed by atoms with van der Waals surface area (Å²) in [7, 11) is 0. The van der Waals surface area contributed by atoms with Gasteiger partial charge in [-0.15, -0.1) is 0 Å². The third-order valence-corrected chi connectivity index (χ3v) is 5.68. The molecule has 0 aromatic carbocycles. The number of allylic oxidation sites excluding steroid dienone is 1. The number of alkyl halides is 30. The Morgan fingerprint density at radius 3 is 0.680 bits per heavy atom. The van der Waals surface area contributed by atoms with E-state index in [1.54, 1.807) is 0 Å². The lowest BCUT2D eigenvalue weighted by Gasteiger charge is -2.45. The lowest BCUT2D eigenvalue weighted by Crippen LogP contribution is -2.78. The molecule has 0 bridgehead atoms. The molecule has 0 aliphatic heterocycles. The summed E-state index contributed by atoms with van der Waals surface area (Å²) in [5.41, 5.74) is -5.23. The van der Waals surface area contributed by atoms with Gasteiger partial charge >= 0.3 is 89.4 Å². The molecule has 33 heteroatoms. The fourth-order valence-corrected chi connectivity index (χ4v) is 2.76. The van der Waals surface area contributed by atoms with Gasteiger partial charge in [-0.1, -0.05) is 0 Å². The summed E-state index contributed by atoms with van der Waals surface area (Å²) >= 11 is 0. The van der Waals surface area contributed by atoms with E-state index >= 15 is 0 Å². The van der Waals surface area contributed by atoms with Gasteiger partial charge in [-0.3, -0.25) is 0 Å². The second kappa shape index (κ2) is 11.5. The van der Waals surface area contributed by atoms with Gasteiger partial charge in [0.15, 0.2) is 11.4 Å². The van der Waals surface area contributed by atoms with Crippen LogP contribution in [0.5, 0.6) is 0 Å². The molecule has 2 nitrogen and oxygen atoms in total. The van der Waals surface area contributed by atoms with E-state index < -0.39 is 101 Å². The summed E-state index contributed by atoms with van der Waals surface area (Å²) in [6, 6.07) is 0. The molecule has 0 aromatic heterocycles. The quantitative estimate of drug-likeness (QED) is 0.148. The average molecular weight is 826 g/mol. The molecule has 0 unspecified atom stereocenters. The summed E-state index contributed by atoms with van der Waals surface area (Å²) in [5, 5.41) is 8.06. The van der Waals surface area contributed by atoms with Gasteiger partial charge in [0.2, 0.25) is 0 Å². The summed E-state index contributed by atoms with van der Waals surface area (Å²) in [6.45, 7) is 0. The molecule has 0 fully saturated rings. The Morgan fingerprint density at radius 2 is 0.500 bits per heavy atom. The standard InChI is InChI=1S/C17HF31O2/c18-2(1(3(49)50)4(19,20)16(43,44)45)5(21,22)6(23,24)7(25,26)8(27,28)9(29,30)10(31,32)11(33,34)12(35,36)13(37,38)14(39,40)15(41,42)17(46,47)48/h(H,49,50). The molecular formula is C17HF31O2. The monoisotopic (exact) mass is 826 g/mol. The number of carboxylic acid groups (broad SMARTS) is 1. The number of hydrogen-bond donors (Lipinski definition) is 1. The fourth-order valence-electron chi connectivity index (χ4n) is 2.76. The van der Waals surface area contributed by atoms with Crippen molar-refractivity contribution in [2.24, 2.45) is 0 Å². The summed E-state index contributed by atoms with van der Waals surface area (Å²) in [6.07, 6.45) is -16.2. The highest BCUT2D eigenvalue weighted by Gasteiger charge is 2.99. The Bertz CT molecular complexity index is 1320. The van der Waals surface area contributed by atoms with Crippen LogP contribution in [0.1, 0.15) is 0 Å². The molecular weight excluding hydrogens is 825 g/mol. The first-order valence-electron chi connectivity index (χ1n) is 10.3. The zero-order valence-corrected chi connectivity index (χ0v) is 21.1. The SMILES string of the molecule is O=C(O)C(=C(F)C(F)(F)C(F)(F)C(F)(F)C(F)(F)C(F)(F)C(F)(F)C(F)(F)C(F)(F)C(F)(F)C(F)(F)C(F)(F)C(F)(F)F)C(F)(F)C(F)(F)F. The number of carboxylic acids is 1. The van der Waals surface area contributed by atoms with Crippen molar-refractivity contribution in [1.29, 1.82) is 0 Å². The highest BCUT2D eigenvalue weighted by Crippen LogP contribution is 2.68. The Kier molecular flexibility index (Phi) is 10.8. The van der Waals surface area contributed by atoms with Gasteiger partial charge in [-0.2, -0.15) is 132 Å². The summed E-state index contributed by atoms with van der Waals surface area (Å²) < 4.78 is 411. The largest absolute Gasteiger partial charge is 0.478 e. The van der Waals surface area contributed by atoms with E-state index in [0.29, 0.717) is 0 Å². The minimum atomic E-state index is -10.0. The molecule has 0 heterocycles. The molecule has 0 aromatic rings. The first kappa shape index (κ1) is 47.0. The minimum Gasteiger partial charge on any atom is -0.478 e. The van der Waals surface area contributed by atoms with Crippen molar-refractivity contribution in [3.8, 4) is 0 Å². The van der Waals surface area contributed by atoms with Gasteiger partial charge in [0.25, 0.3) is 0 Å². The van der Waals surface area contributed by atoms with E-state index in [2.05, 4.69) is 0 Å². The predicted molar refractivity (Wildman–Crippen MR) is 87.2 cm³/mol. The molecule has 0 saturated heterocycles. The highest BCUT2D eigenvalue weighted by atomic mass is 19.4. The number of halogens is 31. The van der Waals surface area contributed by atoms with Crippen LogP contribution in [0, 0.1) is 0 Å². The van der Waals surface area contributed by atoms with Gasteiger partial charge in [0, 0.05) is 0 Å². The molecule has 298 valence electrons. The van der Waals surface area contributed by atoms with Crippen molar-refractivity contribution in [3.63, 3.8) is 0 Å². The van der Waals surface area contributed by atoms with Gasteiger partial charge in [-0.05, 0) is 0 Å². The van der Waals surface area contributed by atoms with Crippen LogP contribution >= 0.6 is 0 Å². The van der Waals surface area contributed by atoms with E-state index in [0.717, 1.165) is 0 Å². The Morgan fingerprint density at radius 1 is 0.300 bits per heavy atom. The predicted octanol–water partition coefficient (Wildman–Crippen LogP) is 10.0. The van der Waals surface area contributed by atoms with Crippen LogP contribution in [-0.2, 0) is 4.79 Å². The van der Waals surface area contributed by atoms with E-state index in [9.17, 15) is 141 Å². The van der Waals surface area contributed by atoms with E-state index in [-0.39, 0.29) is 0 Å². The van der Waals surface area contributed by atoms with Crippen molar-refractivity contribution in [1.82, 2.24) is 0 Å². The van der Waals surface area contributed by atoms with Gasteiger partial charge < -0.3 is 5.11 Å². The van der Waals surface area contributed by atoms with Crippen LogP contribution < -0.4 is 0 Å². The molecule has 50 heavy (non-hydrogen) atoms. The van der Waals surface area contributed by atoms with Crippen LogP contribution in [-0.4, -0.2) is 94.5 Å². The van der Waals surface area contributed by atoms with Crippen molar-refractivity contribution in [3.05, 3.63) is 11.4 Å². The molecule has 1 N–H and O–H groups in total. The molecule has 0 saturated carbocycles. The number of rotatable bonds is 13. The van der Waals surface area contributed by atoms with Crippen LogP contribution in [0.3, 0.4) is 0 Å². The minimum absolute atomic E-state index is 4.59. The maximum absolute atomic E-state index is 13.8. The lowest BCUT2D eigenvalue weighted by atomic mass is 9.84. The second-order valence-corrected chi connectivity index (χ2v) is 8.88. The average Bonchev–Trinajstić information content (AvgIpc) is 2.85. The Balaban J connectivity index is 7.80. The first-order valence-corrected chi connectivity index (χ1v) is 10.3. The maximum Gasteiger partial charge on any atom is 0.460 e. The van der Waals surface area contributed by atoms with Crippen LogP contribution in [0.25, 0.3) is 0 Å². The molecule has 0 rings (SSSR count). The molecule has 0 aliphatic rings. The second-order valence-electron chi connectivity index (χ2n) is 8.88. The molecule has 0 aliphatic carbocycles. The molecule has 0 atom stereocenters. The van der Waals surface area contributed by atoms with E-state index in [4.69, 9.17) is 5.11 Å². The van der Waals surface area contributed by atoms with Crippen molar-refractivity contribution < 1.29 is 146 Å². The third-order valence-electron chi connectivity index (χ3n) is 5.68. The summed E-state index contributed by atoms with van der Waals surface area (Å²) in [5.74, 6) is -124. The van der Waals surface area contributed by atoms with Crippen molar-refractivity contribution in [2.75, 3.05) is 0 Å². The van der Waals surface area contributed by atoms with Crippen molar-refractivity contribution >= 4 is 5.97 Å². The lowest BCUT2D eigenvalue weighted by molar-refractivity contribution is -0.481. The van der Waals surface area contributed by atoms with Gasteiger partial charge in [0.1, 0.15) is 0 Å². The maximum atomic E-state index is 13.8. The van der Waals surface area contributed by atoms with Crippen LogP contribution in [0.4, 0.5) is 136 Å². The smallest absolute Gasteiger partial charge is 0.460 e. The fraction of sp³-hybridized carbons (Fsp3) is 0.824. The Hall–Kier alpha value is -2.96. The Labute approximate surface area is 248 Å². The van der Waals surface area contributed by atoms with Gasteiger partial charge in [0.05, 0.1) is 0 Å². The third kappa shape index (κ3) is 5.59. The van der Waals surface area contributed by atoms with E-state index in [1.807, 2.05) is 0 Å². The number of hydrogen-bond acceptors (Lipinski definition) is 1. The normalized spacial score (nSPS) is 17.2. The van der Waals surface area contributed by atoms with Crippen LogP contribution in [0.15, 0.2) is 11.4 Å². The first-order chi connectivity index (χ1) is 21.0. The zero-order valence-electron chi connectivity index (χ0n) is 21.1. The topological polar surface area (TPSA) is 37.3 Å². The summed E-state index contributed by atoms with van der Waals surface area (Å²) in [4.78, 5) is 10.4. The van der Waals surface area contributed by atoms with Crippen LogP contribution in [0.2, 0.25) is 0 Å². The number of carbonyl (C=O) groups is 1. The molecule has 0 amide bonds. The van der Waals surface area contributed by atoms with Crippen molar-refractivity contribution in [2.45, 2.75) is 83.4 Å². The van der Waals surface area contributed by atoms with Gasteiger partial charge in [-0.25, -0.2) is 9.18 Å². The number of aliphatic carboxylic acids is 1. The highest BCUT2D eigenvalue weighted by molar-refractivity contribution is 5.89.